The largest absolute Gasteiger partial charge is 0.459 e. The van der Waals surface area contributed by atoms with E-state index < -0.39 is 66.9 Å². The lowest BCUT2D eigenvalue weighted by atomic mass is 9.84. The average Bonchev–Trinajstić information content (AvgIpc) is 3.26. The van der Waals surface area contributed by atoms with E-state index in [1.807, 2.05) is 121 Å². The number of aliphatic hydroxyl groups excluding tert-OH is 1. The smallest absolute Gasteiger partial charge is 0.341 e. The number of esters is 1. The van der Waals surface area contributed by atoms with Gasteiger partial charge in [-0.15, -0.1) is 0 Å². The van der Waals surface area contributed by atoms with Crippen LogP contribution in [0.2, 0.25) is 0 Å². The summed E-state index contributed by atoms with van der Waals surface area (Å²) in [6, 6.07) is 38.6. The van der Waals surface area contributed by atoms with Gasteiger partial charge in [0.05, 0.1) is 26.4 Å². The van der Waals surface area contributed by atoms with Crippen molar-refractivity contribution in [1.82, 2.24) is 0 Å². The van der Waals surface area contributed by atoms with Crippen molar-refractivity contribution < 1.29 is 57.3 Å². The van der Waals surface area contributed by atoms with Gasteiger partial charge in [-0.25, -0.2) is 4.79 Å². The molecule has 0 unspecified atom stereocenters. The van der Waals surface area contributed by atoms with Crippen molar-refractivity contribution in [2.75, 3.05) is 27.9 Å². The number of benzene rings is 4. The minimum atomic E-state index is -1.89. The van der Waals surface area contributed by atoms with E-state index in [9.17, 15) is 9.90 Å². The number of rotatable bonds is 19. The topological polar surface area (TPSA) is 130 Å². The summed E-state index contributed by atoms with van der Waals surface area (Å²) in [6.45, 7) is 2.50. The van der Waals surface area contributed by atoms with E-state index in [0.717, 1.165) is 22.3 Å². The van der Waals surface area contributed by atoms with Crippen LogP contribution in [-0.4, -0.2) is 99.9 Å². The van der Waals surface area contributed by atoms with E-state index in [-0.39, 0.29) is 32.8 Å². The number of methoxy groups -OCH3 is 3. The molecule has 2 aliphatic heterocycles. The maximum absolute atomic E-state index is 14.1. The highest BCUT2D eigenvalue weighted by atomic mass is 16.8. The zero-order chi connectivity index (χ0) is 40.0. The third-order valence-electron chi connectivity index (χ3n) is 10.4. The lowest BCUT2D eigenvalue weighted by Gasteiger charge is -2.51. The normalized spacial score (nSPS) is 28.8. The van der Waals surface area contributed by atoms with Gasteiger partial charge in [0, 0.05) is 21.3 Å². The Labute approximate surface area is 334 Å². The number of carbonyl (C=O) groups excluding carboxylic acids is 1. The third-order valence-corrected chi connectivity index (χ3v) is 10.4. The molecule has 12 heteroatoms. The number of carbonyl (C=O) groups is 1. The second-order valence-electron chi connectivity index (χ2n) is 14.0. The zero-order valence-electron chi connectivity index (χ0n) is 32.9. The molecule has 2 saturated heterocycles. The summed E-state index contributed by atoms with van der Waals surface area (Å²) in [6.07, 6.45) is -9.10. The van der Waals surface area contributed by atoms with Crippen LogP contribution in [0.15, 0.2) is 121 Å². The minimum absolute atomic E-state index is 0.0279. The Hall–Kier alpha value is -4.05. The second-order valence-corrected chi connectivity index (χ2v) is 14.0. The number of hydrogen-bond donors (Lipinski definition) is 1. The van der Waals surface area contributed by atoms with E-state index in [1.165, 1.54) is 14.2 Å². The van der Waals surface area contributed by atoms with Crippen LogP contribution >= 0.6 is 0 Å². The monoisotopic (exact) mass is 786 g/mol. The molecular formula is C45H54O12. The summed E-state index contributed by atoms with van der Waals surface area (Å²) in [5.74, 6) is -0.769. The van der Waals surface area contributed by atoms with E-state index in [4.69, 9.17) is 47.4 Å². The molecule has 2 heterocycles. The van der Waals surface area contributed by atoms with Crippen LogP contribution in [0.4, 0.5) is 0 Å². The Kier molecular flexibility index (Phi) is 15.8. The summed E-state index contributed by atoms with van der Waals surface area (Å²) in [7, 11) is 4.45. The molecule has 10 atom stereocenters. The van der Waals surface area contributed by atoms with Gasteiger partial charge in [0.15, 0.2) is 18.2 Å². The Balaban J connectivity index is 1.35. The van der Waals surface area contributed by atoms with Crippen molar-refractivity contribution in [2.24, 2.45) is 0 Å². The van der Waals surface area contributed by atoms with Gasteiger partial charge in [-0.2, -0.15) is 0 Å². The summed E-state index contributed by atoms with van der Waals surface area (Å²) in [4.78, 5) is 14.1. The minimum Gasteiger partial charge on any atom is -0.459 e. The predicted molar refractivity (Wildman–Crippen MR) is 208 cm³/mol. The van der Waals surface area contributed by atoms with Gasteiger partial charge in [-0.05, 0) is 28.7 Å². The Morgan fingerprint density at radius 3 is 1.58 bits per heavy atom. The van der Waals surface area contributed by atoms with Gasteiger partial charge in [0.1, 0.15) is 49.3 Å². The second kappa shape index (κ2) is 21.1. The average molecular weight is 787 g/mol. The Morgan fingerprint density at radius 1 is 0.596 bits per heavy atom. The van der Waals surface area contributed by atoms with Crippen LogP contribution in [0.1, 0.15) is 35.6 Å². The molecule has 1 N–H and O–H groups in total. The number of hydrogen-bond acceptors (Lipinski definition) is 12. The summed E-state index contributed by atoms with van der Waals surface area (Å²) in [5, 5.41) is 11.8. The molecule has 2 fully saturated rings. The van der Waals surface area contributed by atoms with Crippen LogP contribution in [-0.2, 0) is 78.6 Å². The van der Waals surface area contributed by atoms with Crippen molar-refractivity contribution in [3.8, 4) is 0 Å². The zero-order valence-corrected chi connectivity index (χ0v) is 32.9. The third kappa shape index (κ3) is 10.5. The molecule has 0 spiro atoms. The van der Waals surface area contributed by atoms with Gasteiger partial charge < -0.3 is 52.5 Å². The van der Waals surface area contributed by atoms with Gasteiger partial charge in [-0.3, -0.25) is 0 Å². The number of ether oxygens (including phenoxy) is 10. The lowest BCUT2D eigenvalue weighted by molar-refractivity contribution is -0.379. The van der Waals surface area contributed by atoms with Crippen LogP contribution in [0.5, 0.6) is 0 Å². The highest BCUT2D eigenvalue weighted by Gasteiger charge is 2.61. The van der Waals surface area contributed by atoms with Crippen molar-refractivity contribution in [3.05, 3.63) is 144 Å². The standard InChI is InChI=1S/C45H54O12/c1-5-45(44(47)54-29-34-24-16-9-17-25-34)41(46)38(48-2)39(49-3)43(57-45)56-36-35(30-51-26-31-18-10-6-11-19-31)55-42(50-4)40(53-28-33-22-14-8-15-23-33)37(36)52-27-32-20-12-7-13-21-32/h6-25,35-43,46H,5,26-30H2,1-4H3/t35-,36-,37+,38-,39-,40-,41+,42+,43-,45+/m1/s1. The summed E-state index contributed by atoms with van der Waals surface area (Å²) >= 11 is 0. The predicted octanol–water partition coefficient (Wildman–Crippen LogP) is 5.77. The van der Waals surface area contributed by atoms with Crippen molar-refractivity contribution in [1.29, 1.82) is 0 Å². The maximum atomic E-state index is 14.1. The van der Waals surface area contributed by atoms with E-state index in [0.29, 0.717) is 6.61 Å². The van der Waals surface area contributed by atoms with Crippen molar-refractivity contribution in [2.45, 2.75) is 101 Å². The highest BCUT2D eigenvalue weighted by Crippen LogP contribution is 2.40. The molecule has 4 aromatic carbocycles. The molecule has 2 aliphatic rings. The summed E-state index contributed by atoms with van der Waals surface area (Å²) in [5.41, 5.74) is 1.73. The van der Waals surface area contributed by atoms with Crippen LogP contribution in [0, 0.1) is 0 Å². The van der Waals surface area contributed by atoms with Crippen LogP contribution in [0.3, 0.4) is 0 Å². The molecule has 12 nitrogen and oxygen atoms in total. The van der Waals surface area contributed by atoms with Gasteiger partial charge in [0.2, 0.25) is 0 Å². The quantitative estimate of drug-likeness (QED) is 0.116. The Morgan fingerprint density at radius 2 is 1.09 bits per heavy atom. The number of aliphatic hydroxyl groups is 1. The molecule has 6 rings (SSSR count). The molecule has 0 aliphatic carbocycles. The van der Waals surface area contributed by atoms with Gasteiger partial charge in [0.25, 0.3) is 0 Å². The maximum Gasteiger partial charge on any atom is 0.341 e. The lowest BCUT2D eigenvalue weighted by Crippen LogP contribution is -2.70. The van der Waals surface area contributed by atoms with Crippen molar-refractivity contribution in [3.63, 3.8) is 0 Å². The fourth-order valence-corrected chi connectivity index (χ4v) is 7.30. The first-order valence-electron chi connectivity index (χ1n) is 19.3. The molecular weight excluding hydrogens is 732 g/mol. The molecule has 4 aromatic rings. The summed E-state index contributed by atoms with van der Waals surface area (Å²) < 4.78 is 63.3. The highest BCUT2D eigenvalue weighted by molar-refractivity contribution is 5.81. The van der Waals surface area contributed by atoms with Crippen molar-refractivity contribution >= 4 is 5.97 Å². The van der Waals surface area contributed by atoms with E-state index in [1.54, 1.807) is 14.0 Å². The first-order valence-corrected chi connectivity index (χ1v) is 19.3. The van der Waals surface area contributed by atoms with E-state index in [2.05, 4.69) is 0 Å². The Bertz CT molecular complexity index is 1750. The van der Waals surface area contributed by atoms with Crippen LogP contribution in [0.25, 0.3) is 0 Å². The fourth-order valence-electron chi connectivity index (χ4n) is 7.30. The molecule has 57 heavy (non-hydrogen) atoms. The SMILES string of the molecule is CC[C@]1(C(=O)OCc2ccccc2)O[C@@H](O[C@H]2[C@H](OCc3ccccc3)[C@@H](OCc3ccccc3)[C@@H](OC)O[C@@H]2COCc2ccccc2)[C@H](OC)[C@@H](OC)[C@@H]1O. The first-order chi connectivity index (χ1) is 27.9. The molecule has 0 amide bonds. The molecule has 0 radical (unpaired) electrons. The van der Waals surface area contributed by atoms with E-state index >= 15 is 0 Å². The van der Waals surface area contributed by atoms with Gasteiger partial charge in [-0.1, -0.05) is 128 Å². The first kappa shape index (κ1) is 42.6. The molecule has 0 saturated carbocycles. The molecule has 0 aromatic heterocycles. The molecule has 306 valence electrons. The fraction of sp³-hybridized carbons (Fsp3) is 0.444. The molecule has 0 bridgehead atoms. The van der Waals surface area contributed by atoms with Crippen LogP contribution < -0.4 is 0 Å². The van der Waals surface area contributed by atoms with Gasteiger partial charge >= 0.3 is 5.97 Å².